The van der Waals surface area contributed by atoms with E-state index in [0.29, 0.717) is 12.0 Å². The lowest BCUT2D eigenvalue weighted by atomic mass is 9.95. The Hall–Kier alpha value is -1.02. The summed E-state index contributed by atoms with van der Waals surface area (Å²) in [6, 6.07) is 8.79. The van der Waals surface area contributed by atoms with Crippen LogP contribution < -0.4 is 10.1 Å². The molecule has 0 heterocycles. The van der Waals surface area contributed by atoms with Crippen molar-refractivity contribution in [3.8, 4) is 5.75 Å². The van der Waals surface area contributed by atoms with Crippen LogP contribution in [-0.2, 0) is 0 Å². The third-order valence-corrected chi connectivity index (χ3v) is 3.49. The van der Waals surface area contributed by atoms with Crippen molar-refractivity contribution >= 4 is 0 Å². The molecule has 0 aliphatic heterocycles. The summed E-state index contributed by atoms with van der Waals surface area (Å²) in [5.74, 6) is 1.69. The Kier molecular flexibility index (Phi) is 6.81. The summed E-state index contributed by atoms with van der Waals surface area (Å²) >= 11 is 0. The average Bonchev–Trinajstić information content (AvgIpc) is 2.35. The Labute approximate surface area is 112 Å². The maximum absolute atomic E-state index is 5.81. The number of hydrogen-bond donors (Lipinski definition) is 1. The zero-order valence-corrected chi connectivity index (χ0v) is 12.2. The fourth-order valence-electron chi connectivity index (χ4n) is 2.38. The average molecular weight is 249 g/mol. The molecule has 0 aliphatic rings. The van der Waals surface area contributed by atoms with Gasteiger partial charge in [0.2, 0.25) is 0 Å². The Balaban J connectivity index is 2.35. The molecule has 1 rings (SSSR count). The molecule has 0 aromatic heterocycles. The summed E-state index contributed by atoms with van der Waals surface area (Å²) in [5, 5.41) is 3.40. The van der Waals surface area contributed by atoms with Crippen molar-refractivity contribution in [2.24, 2.45) is 5.92 Å². The second kappa shape index (κ2) is 8.15. The van der Waals surface area contributed by atoms with E-state index in [1.165, 1.54) is 18.4 Å². The first kappa shape index (κ1) is 15.0. The van der Waals surface area contributed by atoms with Gasteiger partial charge in [-0.1, -0.05) is 32.4 Å². The molecule has 1 N–H and O–H groups in total. The molecule has 0 aliphatic carbocycles. The first-order chi connectivity index (χ1) is 8.67. The Morgan fingerprint density at radius 2 is 2.06 bits per heavy atom. The molecule has 1 aromatic carbocycles. The number of hydrogen-bond acceptors (Lipinski definition) is 2. The number of benzene rings is 1. The van der Waals surface area contributed by atoms with Gasteiger partial charge in [-0.05, 0) is 50.4 Å². The highest BCUT2D eigenvalue weighted by molar-refractivity contribution is 5.27. The van der Waals surface area contributed by atoms with Crippen LogP contribution in [0.1, 0.15) is 38.7 Å². The standard InChI is InChI=1S/C16H27NO/c1-5-7-14(3)16(17-4)10-11-18-15-9-6-8-13(2)12-15/h6,8-9,12,14,16-17H,5,7,10-11H2,1-4H3. The van der Waals surface area contributed by atoms with Gasteiger partial charge in [-0.25, -0.2) is 0 Å². The predicted molar refractivity (Wildman–Crippen MR) is 78.2 cm³/mol. The van der Waals surface area contributed by atoms with Crippen molar-refractivity contribution in [3.05, 3.63) is 29.8 Å². The van der Waals surface area contributed by atoms with Gasteiger partial charge in [0, 0.05) is 6.04 Å². The highest BCUT2D eigenvalue weighted by Gasteiger charge is 2.14. The molecule has 0 amide bonds. The highest BCUT2D eigenvalue weighted by atomic mass is 16.5. The summed E-state index contributed by atoms with van der Waals surface area (Å²) in [7, 11) is 2.05. The van der Waals surface area contributed by atoms with Crippen LogP contribution in [0.25, 0.3) is 0 Å². The van der Waals surface area contributed by atoms with Crippen molar-refractivity contribution in [3.63, 3.8) is 0 Å². The van der Waals surface area contributed by atoms with Crippen LogP contribution in [0.3, 0.4) is 0 Å². The SMILES string of the molecule is CCCC(C)C(CCOc1cccc(C)c1)NC. The van der Waals surface area contributed by atoms with E-state index in [2.05, 4.69) is 38.2 Å². The van der Waals surface area contributed by atoms with Gasteiger partial charge in [-0.3, -0.25) is 0 Å². The van der Waals surface area contributed by atoms with E-state index in [1.54, 1.807) is 0 Å². The second-order valence-electron chi connectivity index (χ2n) is 5.11. The van der Waals surface area contributed by atoms with Crippen LogP contribution in [0.2, 0.25) is 0 Å². The van der Waals surface area contributed by atoms with Crippen LogP contribution in [0, 0.1) is 12.8 Å². The van der Waals surface area contributed by atoms with Gasteiger partial charge in [0.15, 0.2) is 0 Å². The molecular weight excluding hydrogens is 222 g/mol. The molecule has 0 fully saturated rings. The van der Waals surface area contributed by atoms with Gasteiger partial charge in [0.05, 0.1) is 6.61 Å². The van der Waals surface area contributed by atoms with Gasteiger partial charge < -0.3 is 10.1 Å². The van der Waals surface area contributed by atoms with Crippen molar-refractivity contribution in [2.75, 3.05) is 13.7 Å². The third kappa shape index (κ3) is 5.09. The topological polar surface area (TPSA) is 21.3 Å². The molecular formula is C16H27NO. The maximum atomic E-state index is 5.81. The van der Waals surface area contributed by atoms with E-state index < -0.39 is 0 Å². The van der Waals surface area contributed by atoms with E-state index >= 15 is 0 Å². The number of ether oxygens (including phenoxy) is 1. The van der Waals surface area contributed by atoms with Crippen LogP contribution in [0.4, 0.5) is 0 Å². The molecule has 1 aromatic rings. The molecule has 0 saturated heterocycles. The van der Waals surface area contributed by atoms with E-state index in [4.69, 9.17) is 4.74 Å². The van der Waals surface area contributed by atoms with Gasteiger partial charge in [0.25, 0.3) is 0 Å². The van der Waals surface area contributed by atoms with Crippen LogP contribution >= 0.6 is 0 Å². The summed E-state index contributed by atoms with van der Waals surface area (Å²) in [4.78, 5) is 0. The number of nitrogens with one attached hydrogen (secondary N) is 1. The van der Waals surface area contributed by atoms with E-state index in [1.807, 2.05) is 19.2 Å². The molecule has 2 heteroatoms. The van der Waals surface area contributed by atoms with Gasteiger partial charge in [0.1, 0.15) is 5.75 Å². The van der Waals surface area contributed by atoms with E-state index in [9.17, 15) is 0 Å². The Morgan fingerprint density at radius 1 is 1.28 bits per heavy atom. The van der Waals surface area contributed by atoms with E-state index in [-0.39, 0.29) is 0 Å². The quantitative estimate of drug-likeness (QED) is 0.757. The van der Waals surface area contributed by atoms with Crippen LogP contribution in [-0.4, -0.2) is 19.7 Å². The normalized spacial score (nSPS) is 14.2. The summed E-state index contributed by atoms with van der Waals surface area (Å²) in [5.41, 5.74) is 1.25. The smallest absolute Gasteiger partial charge is 0.119 e. The minimum atomic E-state index is 0.551. The Morgan fingerprint density at radius 3 is 2.67 bits per heavy atom. The fourth-order valence-corrected chi connectivity index (χ4v) is 2.38. The van der Waals surface area contributed by atoms with Gasteiger partial charge >= 0.3 is 0 Å². The molecule has 0 spiro atoms. The van der Waals surface area contributed by atoms with Crippen LogP contribution in [0.15, 0.2) is 24.3 Å². The molecule has 0 bridgehead atoms. The molecule has 0 saturated carbocycles. The van der Waals surface area contributed by atoms with Crippen molar-refractivity contribution in [1.29, 1.82) is 0 Å². The summed E-state index contributed by atoms with van der Waals surface area (Å²) in [6.07, 6.45) is 3.58. The molecule has 2 atom stereocenters. The number of rotatable bonds is 8. The van der Waals surface area contributed by atoms with Crippen molar-refractivity contribution < 1.29 is 4.74 Å². The van der Waals surface area contributed by atoms with Crippen molar-refractivity contribution in [1.82, 2.24) is 5.32 Å². The lowest BCUT2D eigenvalue weighted by molar-refractivity contribution is 0.257. The molecule has 0 radical (unpaired) electrons. The van der Waals surface area contributed by atoms with Gasteiger partial charge in [-0.15, -0.1) is 0 Å². The number of aryl methyl sites for hydroxylation is 1. The molecule has 2 unspecified atom stereocenters. The highest BCUT2D eigenvalue weighted by Crippen LogP contribution is 2.16. The summed E-state index contributed by atoms with van der Waals surface area (Å²) in [6.45, 7) is 7.43. The van der Waals surface area contributed by atoms with Crippen molar-refractivity contribution in [2.45, 2.75) is 46.1 Å². The molecule has 2 nitrogen and oxygen atoms in total. The minimum absolute atomic E-state index is 0.551. The first-order valence-corrected chi connectivity index (χ1v) is 7.04. The maximum Gasteiger partial charge on any atom is 0.119 e. The Bertz CT molecular complexity index is 338. The van der Waals surface area contributed by atoms with Gasteiger partial charge in [-0.2, -0.15) is 0 Å². The first-order valence-electron chi connectivity index (χ1n) is 7.04. The largest absolute Gasteiger partial charge is 0.494 e. The lowest BCUT2D eigenvalue weighted by Crippen LogP contribution is -2.33. The lowest BCUT2D eigenvalue weighted by Gasteiger charge is -2.23. The fraction of sp³-hybridized carbons (Fsp3) is 0.625. The zero-order chi connectivity index (χ0) is 13.4. The third-order valence-electron chi connectivity index (χ3n) is 3.49. The molecule has 102 valence electrons. The molecule has 18 heavy (non-hydrogen) atoms. The monoisotopic (exact) mass is 249 g/mol. The minimum Gasteiger partial charge on any atom is -0.494 e. The van der Waals surface area contributed by atoms with Crippen LogP contribution in [0.5, 0.6) is 5.75 Å². The predicted octanol–water partition coefficient (Wildman–Crippen LogP) is 3.79. The summed E-state index contributed by atoms with van der Waals surface area (Å²) < 4.78 is 5.81. The second-order valence-corrected chi connectivity index (χ2v) is 5.11. The van der Waals surface area contributed by atoms with E-state index in [0.717, 1.165) is 18.8 Å². The zero-order valence-electron chi connectivity index (χ0n) is 12.2.